The number of nitrogens with one attached hydrogen (secondary N) is 2. The van der Waals surface area contributed by atoms with Crippen molar-refractivity contribution in [2.75, 3.05) is 45.9 Å². The Balaban J connectivity index is 0.838. The summed E-state index contributed by atoms with van der Waals surface area (Å²) in [6.07, 6.45) is 0.944. The molecule has 5 aromatic rings. The number of aryl methyl sites for hydroxylation is 1. The predicted octanol–water partition coefficient (Wildman–Crippen LogP) is 4.37. The summed E-state index contributed by atoms with van der Waals surface area (Å²) in [6.45, 7) is 7.04. The molecule has 10 rings (SSSR count). The summed E-state index contributed by atoms with van der Waals surface area (Å²) >= 11 is 0.947. The molecule has 77 heavy (non-hydrogen) atoms. The van der Waals surface area contributed by atoms with E-state index in [0.29, 0.717) is 35.4 Å². The Morgan fingerprint density at radius 1 is 0.896 bits per heavy atom. The Labute approximate surface area is 445 Å². The summed E-state index contributed by atoms with van der Waals surface area (Å²) in [5.74, 6) is -2.80. The van der Waals surface area contributed by atoms with Gasteiger partial charge in [0.25, 0.3) is 5.91 Å². The van der Waals surface area contributed by atoms with Crippen molar-refractivity contribution < 1.29 is 61.4 Å². The number of benzene rings is 3. The van der Waals surface area contributed by atoms with Crippen molar-refractivity contribution in [2.24, 2.45) is 12.5 Å². The molecule has 24 heteroatoms. The highest BCUT2D eigenvalue weighted by atomic mass is 32.1. The van der Waals surface area contributed by atoms with Gasteiger partial charge in [0.05, 0.1) is 35.2 Å². The molecule has 3 unspecified atom stereocenters. The molecule has 2 aromatic heterocycles. The minimum Gasteiger partial charge on any atom is -0.370 e. The molecule has 5 aliphatic heterocycles. The average molecular weight is 1100 g/mol. The Morgan fingerprint density at radius 2 is 1.62 bits per heavy atom. The van der Waals surface area contributed by atoms with Gasteiger partial charge in [0.15, 0.2) is 0 Å². The molecule has 7 heterocycles. The molecular formula is C53H61F2N8O12PS. The molecule has 4 N–H and O–H groups in total. The molecule has 6 amide bonds. The Kier molecular flexibility index (Phi) is 14.7. The first-order valence-corrected chi connectivity index (χ1v) is 28.1. The minimum absolute atomic E-state index is 0.0326. The van der Waals surface area contributed by atoms with Gasteiger partial charge in [-0.15, -0.1) is 11.3 Å². The zero-order valence-electron chi connectivity index (χ0n) is 42.9. The van der Waals surface area contributed by atoms with Crippen LogP contribution >= 0.6 is 18.9 Å². The largest absolute Gasteiger partial charge is 0.399 e. The number of aromatic nitrogens is 2. The molecule has 20 nitrogen and oxygen atoms in total. The number of hydrogen-bond donors (Lipinski definition) is 4. The molecular weight excluding hydrogens is 1040 g/mol. The second kappa shape index (κ2) is 20.9. The van der Waals surface area contributed by atoms with Crippen LogP contribution in [-0.2, 0) is 57.3 Å². The molecule has 5 aliphatic rings. The topological polar surface area (TPSA) is 242 Å². The van der Waals surface area contributed by atoms with Gasteiger partial charge in [-0.2, -0.15) is 8.78 Å². The van der Waals surface area contributed by atoms with Gasteiger partial charge in [-0.05, 0) is 77.9 Å². The van der Waals surface area contributed by atoms with Crippen LogP contribution in [0.2, 0.25) is 0 Å². The lowest BCUT2D eigenvalue weighted by atomic mass is 9.85. The van der Waals surface area contributed by atoms with Crippen LogP contribution in [0, 0.1) is 5.41 Å². The predicted molar refractivity (Wildman–Crippen MR) is 278 cm³/mol. The van der Waals surface area contributed by atoms with Gasteiger partial charge in [0.2, 0.25) is 29.5 Å². The summed E-state index contributed by atoms with van der Waals surface area (Å²) in [4.78, 5) is 122. The third-order valence-corrected chi connectivity index (χ3v) is 17.8. The SMILES string of the molecule is Cn1c(=O)n(C2CCC(=O)NC2=O)c2ccc(CN3C4CCC3CN(C(=O)CO[C@@H]3CCN(C(=O)[C@@H](NC(=O)c5cc6cc(C(F)(F)P(=O)(O)O)ccc6s5)C(C)(C)C)[C@@H]3C(=O)N3CCO[C@H](c5ccccc5)C3)C4)cc21. The second-order valence-corrected chi connectivity index (χ2v) is 24.5. The molecule has 5 fully saturated rings. The van der Waals surface area contributed by atoms with E-state index in [-0.39, 0.29) is 92.0 Å². The molecule has 7 atom stereocenters. The van der Waals surface area contributed by atoms with E-state index in [0.717, 1.165) is 47.4 Å². The summed E-state index contributed by atoms with van der Waals surface area (Å²) in [6, 6.07) is 16.4. The molecule has 5 saturated heterocycles. The number of fused-ring (bicyclic) bond motifs is 4. The van der Waals surface area contributed by atoms with Crippen LogP contribution in [0.5, 0.6) is 0 Å². The fraction of sp³-hybridized carbons (Fsp3) is 0.491. The zero-order valence-corrected chi connectivity index (χ0v) is 44.6. The molecule has 0 radical (unpaired) electrons. The van der Waals surface area contributed by atoms with Crippen molar-refractivity contribution in [2.45, 2.75) is 108 Å². The van der Waals surface area contributed by atoms with E-state index in [1.165, 1.54) is 26.2 Å². The number of morpholine rings is 1. The highest BCUT2D eigenvalue weighted by Crippen LogP contribution is 2.59. The van der Waals surface area contributed by atoms with Crippen molar-refractivity contribution in [1.29, 1.82) is 0 Å². The zero-order chi connectivity index (χ0) is 54.9. The van der Waals surface area contributed by atoms with E-state index in [4.69, 9.17) is 9.47 Å². The first-order chi connectivity index (χ1) is 36.5. The standard InChI is InChI=1S/C53H61F2N8O12PS/c1-52(2,3)46(57-48(67)42-24-32-23-33(11-16-41(32)77-42)53(54,55)76(71,72)73)50(69)61-19-18-39(45(61)49(68)59-20-21-74-40(28-59)31-8-6-5-7-9-31)75-29-44(65)60-26-34-12-13-35(27-60)62(34)25-30-10-14-36-38(22-30)58(4)51(70)63(36)37-15-17-43(64)56-47(37)66/h5-11,14,16,22-24,34-35,37,39-40,45-46H,12-13,15,17-21,25-29H2,1-4H3,(H,57,67)(H,56,64,66)(H2,71,72,73)/t34?,35?,37?,39-,40+,45+,46-/m1/s1. The highest BCUT2D eigenvalue weighted by Gasteiger charge is 2.52. The van der Waals surface area contributed by atoms with Gasteiger partial charge >= 0.3 is 18.9 Å². The normalized spacial score (nSPS) is 23.9. The van der Waals surface area contributed by atoms with Crippen molar-refractivity contribution in [1.82, 2.24) is 39.4 Å². The van der Waals surface area contributed by atoms with Gasteiger partial charge in [0.1, 0.15) is 30.8 Å². The van der Waals surface area contributed by atoms with Crippen molar-refractivity contribution in [3.05, 3.63) is 105 Å². The van der Waals surface area contributed by atoms with E-state index >= 15 is 4.79 Å². The fourth-order valence-electron chi connectivity index (χ4n) is 11.6. The van der Waals surface area contributed by atoms with Crippen LogP contribution in [-0.4, -0.2) is 150 Å². The number of imide groups is 1. The summed E-state index contributed by atoms with van der Waals surface area (Å²) < 4.78 is 56.8. The first-order valence-electron chi connectivity index (χ1n) is 25.7. The van der Waals surface area contributed by atoms with Gasteiger partial charge in [-0.1, -0.05) is 63.2 Å². The lowest BCUT2D eigenvalue weighted by molar-refractivity contribution is -0.156. The number of carbonyl (C=O) groups is 6. The van der Waals surface area contributed by atoms with Crippen molar-refractivity contribution in [3.63, 3.8) is 0 Å². The quantitative estimate of drug-likeness (QED) is 0.0948. The molecule has 0 aliphatic carbocycles. The van der Waals surface area contributed by atoms with E-state index in [2.05, 4.69) is 15.5 Å². The second-order valence-electron chi connectivity index (χ2n) is 21.7. The maximum atomic E-state index is 15.0. The number of nitrogens with zero attached hydrogens (tertiary/aromatic N) is 6. The number of imidazole rings is 1. The van der Waals surface area contributed by atoms with Gasteiger partial charge in [-0.3, -0.25) is 52.7 Å². The van der Waals surface area contributed by atoms with Crippen LogP contribution < -0.4 is 16.3 Å². The maximum Gasteiger partial charge on any atom is 0.399 e. The van der Waals surface area contributed by atoms with Crippen molar-refractivity contribution >= 4 is 75.5 Å². The van der Waals surface area contributed by atoms with Crippen LogP contribution in [0.4, 0.5) is 8.78 Å². The lowest BCUT2D eigenvalue weighted by Crippen LogP contribution is -2.60. The number of piperidine rings is 1. The number of rotatable bonds is 13. The van der Waals surface area contributed by atoms with E-state index in [1.54, 1.807) is 37.6 Å². The van der Waals surface area contributed by atoms with Crippen molar-refractivity contribution in [3.8, 4) is 0 Å². The van der Waals surface area contributed by atoms with Gasteiger partial charge in [-0.25, -0.2) is 4.79 Å². The number of amides is 6. The first kappa shape index (κ1) is 54.2. The maximum absolute atomic E-state index is 15.0. The molecule has 0 saturated carbocycles. The number of likely N-dealkylation sites (tertiary alicyclic amines) is 2. The van der Waals surface area contributed by atoms with Crippen LogP contribution in [0.25, 0.3) is 21.1 Å². The Morgan fingerprint density at radius 3 is 2.31 bits per heavy atom. The number of piperazine rings is 1. The van der Waals surface area contributed by atoms with E-state index in [1.807, 2.05) is 48.5 Å². The van der Waals surface area contributed by atoms with Gasteiger partial charge in [0, 0.05) is 68.5 Å². The summed E-state index contributed by atoms with van der Waals surface area (Å²) in [5.41, 5.74) is -3.57. The van der Waals surface area contributed by atoms with Gasteiger partial charge < -0.3 is 39.3 Å². The average Bonchev–Trinajstić information content (AvgIpc) is 4.14. The third kappa shape index (κ3) is 10.5. The Bertz CT molecular complexity index is 3270. The third-order valence-electron chi connectivity index (χ3n) is 15.7. The smallest absolute Gasteiger partial charge is 0.370 e. The Hall–Kier alpha value is -6.20. The van der Waals surface area contributed by atoms with E-state index in [9.17, 15) is 51.9 Å². The number of alkyl halides is 2. The molecule has 2 bridgehead atoms. The van der Waals surface area contributed by atoms with Crippen LogP contribution in [0.3, 0.4) is 0 Å². The molecule has 410 valence electrons. The van der Waals surface area contributed by atoms with Crippen LogP contribution in [0.1, 0.15) is 91.4 Å². The monoisotopic (exact) mass is 1100 g/mol. The molecule has 3 aromatic carbocycles. The number of carbonyl (C=O) groups excluding carboxylic acids is 6. The number of hydrogen-bond acceptors (Lipinski definition) is 12. The summed E-state index contributed by atoms with van der Waals surface area (Å²) in [5, 5.41) is 5.32. The number of ether oxygens (including phenoxy) is 2. The lowest BCUT2D eigenvalue weighted by Gasteiger charge is -2.41. The summed E-state index contributed by atoms with van der Waals surface area (Å²) in [7, 11) is -4.20. The number of halogens is 2. The van der Waals surface area contributed by atoms with Crippen LogP contribution in [0.15, 0.2) is 77.6 Å². The fourth-order valence-corrected chi connectivity index (χ4v) is 13.0. The highest BCUT2D eigenvalue weighted by molar-refractivity contribution is 7.52. The minimum atomic E-state index is -5.86. The number of thiophene rings is 1. The molecule has 0 spiro atoms. The van der Waals surface area contributed by atoms with E-state index < -0.39 is 78.2 Å².